The van der Waals surface area contributed by atoms with Crippen molar-refractivity contribution >= 4 is 0 Å². The van der Waals surface area contributed by atoms with Crippen molar-refractivity contribution in [3.05, 3.63) is 0 Å². The molecule has 15 heavy (non-hydrogen) atoms. The van der Waals surface area contributed by atoms with E-state index in [0.29, 0.717) is 0 Å². The molecule has 3 atom stereocenters. The summed E-state index contributed by atoms with van der Waals surface area (Å²) in [5.74, 6) is 0.982. The number of rotatable bonds is 6. The Morgan fingerprint density at radius 1 is 1.20 bits per heavy atom. The maximum absolute atomic E-state index is 2.78. The van der Waals surface area contributed by atoms with Crippen molar-refractivity contribution in [3.8, 4) is 0 Å². The SMILES string of the molecule is CCCC1CC(C)N(C(CC)CCC)C1. The minimum atomic E-state index is 0.832. The van der Waals surface area contributed by atoms with Gasteiger partial charge in [-0.05, 0) is 38.5 Å². The zero-order valence-electron chi connectivity index (χ0n) is 11.1. The summed E-state index contributed by atoms with van der Waals surface area (Å²) in [6.45, 7) is 10.8. The van der Waals surface area contributed by atoms with E-state index in [4.69, 9.17) is 0 Å². The molecule has 1 aliphatic rings. The minimum Gasteiger partial charge on any atom is -0.297 e. The molecule has 1 heterocycles. The predicted octanol–water partition coefficient (Wildman–Crippen LogP) is 4.08. The molecule has 1 heteroatoms. The molecule has 1 aliphatic heterocycles. The van der Waals surface area contributed by atoms with Gasteiger partial charge in [-0.3, -0.25) is 4.90 Å². The van der Waals surface area contributed by atoms with Crippen LogP contribution in [0.5, 0.6) is 0 Å². The van der Waals surface area contributed by atoms with Gasteiger partial charge < -0.3 is 0 Å². The first-order valence-corrected chi connectivity index (χ1v) is 6.98. The molecule has 0 N–H and O–H groups in total. The zero-order chi connectivity index (χ0) is 11.3. The largest absolute Gasteiger partial charge is 0.297 e. The van der Waals surface area contributed by atoms with Crippen LogP contribution in [0.25, 0.3) is 0 Å². The van der Waals surface area contributed by atoms with Gasteiger partial charge in [-0.15, -0.1) is 0 Å². The molecule has 0 bridgehead atoms. The Morgan fingerprint density at radius 3 is 2.47 bits per heavy atom. The van der Waals surface area contributed by atoms with Gasteiger partial charge in [0, 0.05) is 18.6 Å². The second-order valence-corrected chi connectivity index (χ2v) is 5.29. The van der Waals surface area contributed by atoms with Crippen LogP contribution in [0.3, 0.4) is 0 Å². The van der Waals surface area contributed by atoms with Gasteiger partial charge >= 0.3 is 0 Å². The zero-order valence-corrected chi connectivity index (χ0v) is 11.1. The van der Waals surface area contributed by atoms with E-state index in [1.165, 1.54) is 45.1 Å². The molecule has 90 valence electrons. The van der Waals surface area contributed by atoms with Crippen molar-refractivity contribution in [3.63, 3.8) is 0 Å². The van der Waals surface area contributed by atoms with E-state index in [2.05, 4.69) is 32.6 Å². The van der Waals surface area contributed by atoms with Crippen LogP contribution in [0.2, 0.25) is 0 Å². The van der Waals surface area contributed by atoms with Crippen molar-refractivity contribution < 1.29 is 0 Å². The molecular formula is C14H29N. The second-order valence-electron chi connectivity index (χ2n) is 5.29. The molecule has 1 nitrogen and oxygen atoms in total. The van der Waals surface area contributed by atoms with E-state index < -0.39 is 0 Å². The summed E-state index contributed by atoms with van der Waals surface area (Å²) >= 11 is 0. The highest BCUT2D eigenvalue weighted by Gasteiger charge is 2.31. The maximum Gasteiger partial charge on any atom is 0.00954 e. The summed E-state index contributed by atoms with van der Waals surface area (Å²) in [6.07, 6.45) is 8.28. The molecule has 0 aromatic rings. The first kappa shape index (κ1) is 13.0. The van der Waals surface area contributed by atoms with Crippen LogP contribution >= 0.6 is 0 Å². The molecule has 1 rings (SSSR count). The molecule has 0 aromatic heterocycles. The molecule has 0 aromatic carbocycles. The molecule has 3 unspecified atom stereocenters. The standard InChI is InChI=1S/C14H29N/c1-5-8-13-10-12(4)15(11-13)14(7-3)9-6-2/h12-14H,5-11H2,1-4H3. The quantitative estimate of drug-likeness (QED) is 0.640. The third kappa shape index (κ3) is 3.48. The number of hydrogen-bond acceptors (Lipinski definition) is 1. The Hall–Kier alpha value is -0.0400. The van der Waals surface area contributed by atoms with Gasteiger partial charge in [0.2, 0.25) is 0 Å². The van der Waals surface area contributed by atoms with Crippen LogP contribution in [-0.2, 0) is 0 Å². The smallest absolute Gasteiger partial charge is 0.00954 e. The van der Waals surface area contributed by atoms with Crippen LogP contribution in [0.1, 0.15) is 66.2 Å². The summed E-state index contributed by atoms with van der Waals surface area (Å²) < 4.78 is 0. The van der Waals surface area contributed by atoms with Crippen LogP contribution in [0.4, 0.5) is 0 Å². The first-order chi connectivity index (χ1) is 7.22. The molecule has 1 fully saturated rings. The third-order valence-corrected chi connectivity index (χ3v) is 3.97. The Balaban J connectivity index is 2.46. The van der Waals surface area contributed by atoms with Gasteiger partial charge in [0.1, 0.15) is 0 Å². The molecule has 1 saturated heterocycles. The lowest BCUT2D eigenvalue weighted by Gasteiger charge is -2.30. The number of nitrogens with zero attached hydrogens (tertiary/aromatic N) is 1. The lowest BCUT2D eigenvalue weighted by molar-refractivity contribution is 0.170. The fraction of sp³-hybridized carbons (Fsp3) is 1.00. The van der Waals surface area contributed by atoms with Gasteiger partial charge in [0.15, 0.2) is 0 Å². The van der Waals surface area contributed by atoms with Crippen LogP contribution in [0.15, 0.2) is 0 Å². The topological polar surface area (TPSA) is 3.24 Å². The maximum atomic E-state index is 2.78. The molecule has 0 radical (unpaired) electrons. The summed E-state index contributed by atoms with van der Waals surface area (Å²) in [5.41, 5.74) is 0. The summed E-state index contributed by atoms with van der Waals surface area (Å²) in [5, 5.41) is 0. The van der Waals surface area contributed by atoms with Gasteiger partial charge in [-0.2, -0.15) is 0 Å². The predicted molar refractivity (Wildman–Crippen MR) is 68.2 cm³/mol. The monoisotopic (exact) mass is 211 g/mol. The Labute approximate surface area is 96.2 Å². The van der Waals surface area contributed by atoms with Crippen molar-refractivity contribution in [2.75, 3.05) is 6.54 Å². The number of likely N-dealkylation sites (tertiary alicyclic amines) is 1. The Morgan fingerprint density at radius 2 is 1.93 bits per heavy atom. The summed E-state index contributed by atoms with van der Waals surface area (Å²) in [4.78, 5) is 2.78. The van der Waals surface area contributed by atoms with Gasteiger partial charge in [0.25, 0.3) is 0 Å². The molecule has 0 saturated carbocycles. The van der Waals surface area contributed by atoms with E-state index in [0.717, 1.165) is 18.0 Å². The Kier molecular flexibility index (Phi) is 5.66. The fourth-order valence-corrected chi connectivity index (χ4v) is 3.23. The lowest BCUT2D eigenvalue weighted by atomic mass is 10.0. The molecule has 0 spiro atoms. The number of hydrogen-bond donors (Lipinski definition) is 0. The van der Waals surface area contributed by atoms with Crippen LogP contribution in [-0.4, -0.2) is 23.5 Å². The van der Waals surface area contributed by atoms with Crippen LogP contribution in [0, 0.1) is 5.92 Å². The van der Waals surface area contributed by atoms with Crippen molar-refractivity contribution in [2.45, 2.75) is 78.3 Å². The van der Waals surface area contributed by atoms with E-state index >= 15 is 0 Å². The van der Waals surface area contributed by atoms with E-state index in [9.17, 15) is 0 Å². The average Bonchev–Trinajstić information content (AvgIpc) is 2.57. The molecule has 0 amide bonds. The average molecular weight is 211 g/mol. The highest BCUT2D eigenvalue weighted by molar-refractivity contribution is 4.86. The van der Waals surface area contributed by atoms with Crippen LogP contribution < -0.4 is 0 Å². The highest BCUT2D eigenvalue weighted by atomic mass is 15.2. The lowest BCUT2D eigenvalue weighted by Crippen LogP contribution is -2.37. The van der Waals surface area contributed by atoms with Gasteiger partial charge in [-0.25, -0.2) is 0 Å². The van der Waals surface area contributed by atoms with Gasteiger partial charge in [-0.1, -0.05) is 33.6 Å². The highest BCUT2D eigenvalue weighted by Crippen LogP contribution is 2.30. The molecular weight excluding hydrogens is 182 g/mol. The van der Waals surface area contributed by atoms with E-state index in [1.54, 1.807) is 0 Å². The summed E-state index contributed by atoms with van der Waals surface area (Å²) in [6, 6.07) is 1.69. The van der Waals surface area contributed by atoms with Gasteiger partial charge in [0.05, 0.1) is 0 Å². The minimum absolute atomic E-state index is 0.832. The third-order valence-electron chi connectivity index (χ3n) is 3.97. The van der Waals surface area contributed by atoms with E-state index in [-0.39, 0.29) is 0 Å². The van der Waals surface area contributed by atoms with Crippen molar-refractivity contribution in [1.82, 2.24) is 4.90 Å². The van der Waals surface area contributed by atoms with Crippen molar-refractivity contribution in [1.29, 1.82) is 0 Å². The van der Waals surface area contributed by atoms with E-state index in [1.807, 2.05) is 0 Å². The van der Waals surface area contributed by atoms with Crippen molar-refractivity contribution in [2.24, 2.45) is 5.92 Å². The summed E-state index contributed by atoms with van der Waals surface area (Å²) in [7, 11) is 0. The first-order valence-electron chi connectivity index (χ1n) is 6.98. The fourth-order valence-electron chi connectivity index (χ4n) is 3.23. The normalized spacial score (nSPS) is 29.6. The molecule has 0 aliphatic carbocycles. The second kappa shape index (κ2) is 6.52. The Bertz CT molecular complexity index is 167.